The molecule has 1 rings (SSSR count). The van der Waals surface area contributed by atoms with Crippen molar-refractivity contribution in [1.82, 2.24) is 10.3 Å². The summed E-state index contributed by atoms with van der Waals surface area (Å²) in [6.07, 6.45) is 1.87. The summed E-state index contributed by atoms with van der Waals surface area (Å²) in [5.74, 6) is 0. The molecule has 0 aliphatic heterocycles. The smallest absolute Gasteiger partial charge is 0.106 e. The van der Waals surface area contributed by atoms with Gasteiger partial charge in [0, 0.05) is 18.8 Å². The molecule has 0 saturated carbocycles. The fourth-order valence-electron chi connectivity index (χ4n) is 0.833. The van der Waals surface area contributed by atoms with Gasteiger partial charge in [0.2, 0.25) is 0 Å². The highest BCUT2D eigenvalue weighted by Crippen LogP contribution is 2.05. The maximum Gasteiger partial charge on any atom is 0.106 e. The Morgan fingerprint density at radius 3 is 2.62 bits per heavy atom. The molecule has 1 heterocycles. The minimum absolute atomic E-state index is 0. The average molecular weight is 266 g/mol. The second-order valence-electron chi connectivity index (χ2n) is 3.02. The van der Waals surface area contributed by atoms with Crippen LogP contribution in [0.5, 0.6) is 0 Å². The van der Waals surface area contributed by atoms with E-state index in [1.807, 2.05) is 12.3 Å². The maximum atomic E-state index is 4.13. The predicted octanol–water partition coefficient (Wildman–Crippen LogP) is 2.76. The number of aromatic nitrogens is 1. The van der Waals surface area contributed by atoms with Gasteiger partial charge in [-0.1, -0.05) is 19.9 Å². The number of hydrogen-bond donors (Lipinski definition) is 1. The van der Waals surface area contributed by atoms with E-state index in [1.54, 1.807) is 0 Å². The van der Waals surface area contributed by atoms with E-state index in [2.05, 4.69) is 46.1 Å². The Balaban J connectivity index is 0.00000144. The van der Waals surface area contributed by atoms with Gasteiger partial charge >= 0.3 is 0 Å². The van der Waals surface area contributed by atoms with Crippen molar-refractivity contribution >= 4 is 28.3 Å². The van der Waals surface area contributed by atoms with Gasteiger partial charge in [-0.3, -0.25) is 0 Å². The molecule has 0 saturated heterocycles. The molecule has 2 nitrogen and oxygen atoms in total. The van der Waals surface area contributed by atoms with Crippen molar-refractivity contribution in [2.45, 2.75) is 26.4 Å². The topological polar surface area (TPSA) is 24.9 Å². The van der Waals surface area contributed by atoms with E-state index in [9.17, 15) is 0 Å². The Kier molecular flexibility index (Phi) is 6.29. The highest BCUT2D eigenvalue weighted by Gasteiger charge is 1.94. The van der Waals surface area contributed by atoms with Gasteiger partial charge in [0.25, 0.3) is 0 Å². The van der Waals surface area contributed by atoms with Gasteiger partial charge in [-0.25, -0.2) is 4.98 Å². The molecule has 4 heteroatoms. The molecule has 0 amide bonds. The van der Waals surface area contributed by atoms with Crippen LogP contribution in [0.4, 0.5) is 0 Å². The summed E-state index contributed by atoms with van der Waals surface area (Å²) in [4.78, 5) is 4.13. The molecule has 0 aliphatic carbocycles. The zero-order chi connectivity index (χ0) is 8.97. The van der Waals surface area contributed by atoms with E-state index in [1.165, 1.54) is 5.56 Å². The van der Waals surface area contributed by atoms with Crippen molar-refractivity contribution in [2.24, 2.45) is 0 Å². The summed E-state index contributed by atoms with van der Waals surface area (Å²) in [5.41, 5.74) is 1.21. The second-order valence-corrected chi connectivity index (χ2v) is 3.84. The van der Waals surface area contributed by atoms with E-state index in [0.29, 0.717) is 6.04 Å². The molecule has 0 aliphatic rings. The van der Waals surface area contributed by atoms with Gasteiger partial charge in [-0.15, -0.1) is 12.4 Å². The van der Waals surface area contributed by atoms with Crippen molar-refractivity contribution in [3.63, 3.8) is 0 Å². The molecule has 1 aromatic heterocycles. The van der Waals surface area contributed by atoms with Gasteiger partial charge in [0.1, 0.15) is 4.60 Å². The Morgan fingerprint density at radius 1 is 1.46 bits per heavy atom. The number of nitrogens with one attached hydrogen (secondary N) is 1. The van der Waals surface area contributed by atoms with Crippen LogP contribution < -0.4 is 5.32 Å². The molecule has 0 atom stereocenters. The number of hydrogen-bond acceptors (Lipinski definition) is 2. The lowest BCUT2D eigenvalue weighted by Gasteiger charge is -2.06. The maximum absolute atomic E-state index is 4.13. The molecule has 0 spiro atoms. The van der Waals surface area contributed by atoms with E-state index in [-0.39, 0.29) is 12.4 Å². The predicted molar refractivity (Wildman–Crippen MR) is 61.2 cm³/mol. The van der Waals surface area contributed by atoms with Crippen LogP contribution >= 0.6 is 28.3 Å². The van der Waals surface area contributed by atoms with Gasteiger partial charge in [-0.05, 0) is 27.6 Å². The van der Waals surface area contributed by atoms with Gasteiger partial charge in [0.05, 0.1) is 0 Å². The third-order valence-electron chi connectivity index (χ3n) is 1.50. The third-order valence-corrected chi connectivity index (χ3v) is 1.97. The summed E-state index contributed by atoms with van der Waals surface area (Å²) in [7, 11) is 0. The lowest BCUT2D eigenvalue weighted by atomic mass is 10.2. The summed E-state index contributed by atoms with van der Waals surface area (Å²) < 4.78 is 0.885. The van der Waals surface area contributed by atoms with Crippen LogP contribution in [0.2, 0.25) is 0 Å². The fraction of sp³-hybridized carbons (Fsp3) is 0.444. The number of nitrogens with zero attached hydrogens (tertiary/aromatic N) is 1. The van der Waals surface area contributed by atoms with Gasteiger partial charge < -0.3 is 5.32 Å². The molecule has 0 bridgehead atoms. The van der Waals surface area contributed by atoms with E-state index >= 15 is 0 Å². The van der Waals surface area contributed by atoms with Crippen LogP contribution in [0.3, 0.4) is 0 Å². The second kappa shape index (κ2) is 6.35. The van der Waals surface area contributed by atoms with Crippen molar-refractivity contribution in [1.29, 1.82) is 0 Å². The van der Waals surface area contributed by atoms with Crippen molar-refractivity contribution in [3.8, 4) is 0 Å². The first kappa shape index (κ1) is 12.9. The van der Waals surface area contributed by atoms with Gasteiger partial charge in [0.15, 0.2) is 0 Å². The van der Waals surface area contributed by atoms with E-state index in [0.717, 1.165) is 11.1 Å². The Labute approximate surface area is 93.7 Å². The third kappa shape index (κ3) is 5.24. The Morgan fingerprint density at radius 2 is 2.15 bits per heavy atom. The highest BCUT2D eigenvalue weighted by molar-refractivity contribution is 9.10. The fourth-order valence-corrected chi connectivity index (χ4v) is 1.07. The molecule has 0 unspecified atom stereocenters. The molecule has 13 heavy (non-hydrogen) atoms. The summed E-state index contributed by atoms with van der Waals surface area (Å²) >= 11 is 3.29. The van der Waals surface area contributed by atoms with Crippen LogP contribution in [-0.4, -0.2) is 11.0 Å². The zero-order valence-corrected chi connectivity index (χ0v) is 10.2. The Hall–Kier alpha value is -0.120. The van der Waals surface area contributed by atoms with Crippen LogP contribution in [0.25, 0.3) is 0 Å². The molecular formula is C9H14BrClN2. The van der Waals surface area contributed by atoms with Gasteiger partial charge in [-0.2, -0.15) is 0 Å². The van der Waals surface area contributed by atoms with Crippen molar-refractivity contribution in [3.05, 3.63) is 28.5 Å². The number of halogens is 2. The first-order valence-corrected chi connectivity index (χ1v) is 4.81. The number of pyridine rings is 1. The SMILES string of the molecule is CC(C)NCc1ccc(Br)nc1.Cl. The lowest BCUT2D eigenvalue weighted by molar-refractivity contribution is 0.588. The standard InChI is InChI=1S/C9H13BrN2.ClH/c1-7(2)11-5-8-3-4-9(10)12-6-8;/h3-4,6-7,11H,5H2,1-2H3;1H. The molecule has 0 fully saturated rings. The van der Waals surface area contributed by atoms with E-state index in [4.69, 9.17) is 0 Å². The largest absolute Gasteiger partial charge is 0.310 e. The van der Waals surface area contributed by atoms with Crippen molar-refractivity contribution in [2.75, 3.05) is 0 Å². The lowest BCUT2D eigenvalue weighted by Crippen LogP contribution is -2.21. The molecule has 74 valence electrons. The first-order valence-electron chi connectivity index (χ1n) is 4.02. The first-order chi connectivity index (χ1) is 5.68. The summed E-state index contributed by atoms with van der Waals surface area (Å²) in [5, 5.41) is 3.33. The average Bonchev–Trinajstić information content (AvgIpc) is 2.03. The minimum atomic E-state index is 0. The van der Waals surface area contributed by atoms with Crippen LogP contribution in [0, 0.1) is 0 Å². The summed E-state index contributed by atoms with van der Waals surface area (Å²) in [6, 6.07) is 4.54. The molecule has 1 aromatic rings. The monoisotopic (exact) mass is 264 g/mol. The van der Waals surface area contributed by atoms with Crippen molar-refractivity contribution < 1.29 is 0 Å². The quantitative estimate of drug-likeness (QED) is 0.850. The van der Waals surface area contributed by atoms with Crippen LogP contribution in [0.15, 0.2) is 22.9 Å². The Bertz CT molecular complexity index is 236. The molecule has 0 radical (unpaired) electrons. The minimum Gasteiger partial charge on any atom is -0.310 e. The van der Waals surface area contributed by atoms with E-state index < -0.39 is 0 Å². The van der Waals surface area contributed by atoms with Crippen LogP contribution in [0.1, 0.15) is 19.4 Å². The molecule has 0 aromatic carbocycles. The molecule has 1 N–H and O–H groups in total. The normalized spacial score (nSPS) is 9.85. The summed E-state index contributed by atoms with van der Waals surface area (Å²) in [6.45, 7) is 5.15. The highest BCUT2D eigenvalue weighted by atomic mass is 79.9. The zero-order valence-electron chi connectivity index (χ0n) is 7.75. The number of rotatable bonds is 3. The molecular weight excluding hydrogens is 251 g/mol. The van der Waals surface area contributed by atoms with Crippen LogP contribution in [-0.2, 0) is 6.54 Å².